The van der Waals surface area contributed by atoms with Gasteiger partial charge in [0.05, 0.1) is 12.0 Å². The van der Waals surface area contributed by atoms with Crippen molar-refractivity contribution in [1.82, 2.24) is 30.1 Å². The minimum Gasteiger partial charge on any atom is -0.467 e. The van der Waals surface area contributed by atoms with Gasteiger partial charge in [-0.1, -0.05) is 6.07 Å². The summed E-state index contributed by atoms with van der Waals surface area (Å²) in [5, 5.41) is 9.74. The fourth-order valence-corrected chi connectivity index (χ4v) is 3.31. The third kappa shape index (κ3) is 4.20. The zero-order valence-corrected chi connectivity index (χ0v) is 15.4. The molecule has 0 atom stereocenters. The molecule has 3 heterocycles. The van der Waals surface area contributed by atoms with Gasteiger partial charge in [-0.3, -0.25) is 5.10 Å². The van der Waals surface area contributed by atoms with E-state index in [-0.39, 0.29) is 17.8 Å². The van der Waals surface area contributed by atoms with Crippen molar-refractivity contribution in [3.05, 3.63) is 47.6 Å². The van der Waals surface area contributed by atoms with Gasteiger partial charge in [0, 0.05) is 0 Å². The van der Waals surface area contributed by atoms with E-state index in [2.05, 4.69) is 30.1 Å². The molecule has 0 amide bonds. The average Bonchev–Trinajstić information content (AvgIpc) is 3.35. The zero-order chi connectivity index (χ0) is 18.6. The largest absolute Gasteiger partial charge is 0.467 e. The molecule has 0 aliphatic rings. The maximum Gasteiger partial charge on any atom is 0.329 e. The van der Waals surface area contributed by atoms with Gasteiger partial charge in [-0.2, -0.15) is 9.97 Å². The molecule has 136 valence electrons. The van der Waals surface area contributed by atoms with Gasteiger partial charge in [0.25, 0.3) is 0 Å². The van der Waals surface area contributed by atoms with Crippen LogP contribution in [0.25, 0.3) is 10.7 Å². The van der Waals surface area contributed by atoms with Crippen LogP contribution in [0.3, 0.4) is 0 Å². The zero-order valence-electron chi connectivity index (χ0n) is 13.8. The molecule has 1 aromatic carbocycles. The number of nitrogens with one attached hydrogen (secondary N) is 1. The molecule has 4 aromatic rings. The van der Waals surface area contributed by atoms with Gasteiger partial charge >= 0.3 is 12.0 Å². The van der Waals surface area contributed by atoms with Gasteiger partial charge in [0.1, 0.15) is 11.6 Å². The molecule has 0 aliphatic heterocycles. The second-order valence-corrected chi connectivity index (χ2v) is 6.87. The van der Waals surface area contributed by atoms with Crippen molar-refractivity contribution >= 4 is 23.1 Å². The van der Waals surface area contributed by atoms with E-state index in [9.17, 15) is 4.39 Å². The van der Waals surface area contributed by atoms with E-state index in [0.717, 1.165) is 16.6 Å². The summed E-state index contributed by atoms with van der Waals surface area (Å²) in [5.41, 5.74) is 0. The summed E-state index contributed by atoms with van der Waals surface area (Å²) in [5.74, 6) is 0.688. The molecule has 0 unspecified atom stereocenters. The molecule has 1 N–H and O–H groups in total. The van der Waals surface area contributed by atoms with E-state index in [1.807, 2.05) is 17.5 Å². The van der Waals surface area contributed by atoms with Crippen LogP contribution in [0.5, 0.6) is 17.8 Å². The molecule has 0 radical (unpaired) electrons. The predicted octanol–water partition coefficient (Wildman–Crippen LogP) is 3.81. The Kier molecular flexibility index (Phi) is 4.94. The summed E-state index contributed by atoms with van der Waals surface area (Å²) in [6.07, 6.45) is 0. The minimum atomic E-state index is -0.363. The third-order valence-corrected chi connectivity index (χ3v) is 4.79. The Balaban J connectivity index is 1.56. The van der Waals surface area contributed by atoms with Crippen LogP contribution in [0, 0.1) is 5.82 Å². The maximum atomic E-state index is 13.0. The van der Waals surface area contributed by atoms with Crippen LogP contribution < -0.4 is 9.47 Å². The molecular weight excluding hydrogens is 391 g/mol. The summed E-state index contributed by atoms with van der Waals surface area (Å²) < 4.78 is 23.7. The Hall–Kier alpha value is -3.05. The molecule has 8 nitrogen and oxygen atoms in total. The Labute approximate surface area is 160 Å². The molecule has 0 aliphatic carbocycles. The molecular formula is C16H11FN6O2S2. The molecule has 4 rings (SSSR count). The number of hydrogen-bond acceptors (Lipinski definition) is 9. The van der Waals surface area contributed by atoms with Crippen LogP contribution in [-0.4, -0.2) is 37.2 Å². The van der Waals surface area contributed by atoms with Crippen molar-refractivity contribution in [2.24, 2.45) is 0 Å². The van der Waals surface area contributed by atoms with Crippen molar-refractivity contribution in [2.45, 2.75) is 10.3 Å². The molecule has 0 fully saturated rings. The number of halogens is 1. The average molecular weight is 402 g/mol. The number of aromatic nitrogens is 6. The first-order valence-electron chi connectivity index (χ1n) is 7.57. The molecule has 0 bridgehead atoms. The normalized spacial score (nSPS) is 10.7. The Morgan fingerprint density at radius 2 is 1.81 bits per heavy atom. The molecule has 0 saturated heterocycles. The van der Waals surface area contributed by atoms with Crippen LogP contribution in [-0.2, 0) is 0 Å². The number of rotatable bonds is 6. The SMILES string of the molecule is COc1nc(Oc2ccc(F)cc2)nc(Sc2n[nH]c(-c3cccs3)n2)n1. The third-order valence-electron chi connectivity index (χ3n) is 3.18. The molecule has 0 saturated carbocycles. The topological polar surface area (TPSA) is 98.7 Å². The van der Waals surface area contributed by atoms with Crippen LogP contribution in [0.4, 0.5) is 4.39 Å². The molecule has 3 aromatic heterocycles. The number of ether oxygens (including phenoxy) is 2. The van der Waals surface area contributed by atoms with Crippen molar-refractivity contribution in [3.63, 3.8) is 0 Å². The number of H-pyrrole nitrogens is 1. The number of hydrogen-bond donors (Lipinski definition) is 1. The first-order valence-corrected chi connectivity index (χ1v) is 9.27. The highest BCUT2D eigenvalue weighted by atomic mass is 32.2. The fraction of sp³-hybridized carbons (Fsp3) is 0.0625. The maximum absolute atomic E-state index is 13.0. The second kappa shape index (κ2) is 7.68. The van der Waals surface area contributed by atoms with Crippen LogP contribution in [0.1, 0.15) is 0 Å². The Bertz CT molecular complexity index is 1040. The van der Waals surface area contributed by atoms with Gasteiger partial charge < -0.3 is 9.47 Å². The van der Waals surface area contributed by atoms with E-state index in [1.54, 1.807) is 11.3 Å². The molecule has 0 spiro atoms. The smallest absolute Gasteiger partial charge is 0.329 e. The Morgan fingerprint density at radius 1 is 1.00 bits per heavy atom. The second-order valence-electron chi connectivity index (χ2n) is 4.99. The monoisotopic (exact) mass is 402 g/mol. The number of benzene rings is 1. The number of thiophene rings is 1. The molecule has 27 heavy (non-hydrogen) atoms. The van der Waals surface area contributed by atoms with Crippen molar-refractivity contribution < 1.29 is 13.9 Å². The van der Waals surface area contributed by atoms with E-state index in [0.29, 0.717) is 21.9 Å². The highest BCUT2D eigenvalue weighted by molar-refractivity contribution is 7.99. The lowest BCUT2D eigenvalue weighted by atomic mass is 10.3. The number of nitrogens with zero attached hydrogens (tertiary/aromatic N) is 5. The standard InChI is InChI=1S/C16H11FN6O2S2/c1-24-13-19-14(25-10-6-4-9(17)5-7-10)21-15(20-13)27-16-18-12(22-23-16)11-3-2-8-26-11/h2-8H,1H3,(H,18,22,23). The van der Waals surface area contributed by atoms with Crippen LogP contribution in [0.15, 0.2) is 52.1 Å². The van der Waals surface area contributed by atoms with E-state index in [4.69, 9.17) is 9.47 Å². The molecule has 11 heteroatoms. The van der Waals surface area contributed by atoms with E-state index in [1.165, 1.54) is 31.4 Å². The lowest BCUT2D eigenvalue weighted by Crippen LogP contribution is -2.00. The van der Waals surface area contributed by atoms with Crippen LogP contribution >= 0.6 is 23.1 Å². The summed E-state index contributed by atoms with van der Waals surface area (Å²) >= 11 is 2.69. The lowest BCUT2D eigenvalue weighted by molar-refractivity contribution is 0.351. The highest BCUT2D eigenvalue weighted by Gasteiger charge is 2.14. The van der Waals surface area contributed by atoms with E-state index >= 15 is 0 Å². The summed E-state index contributed by atoms with van der Waals surface area (Å²) in [6.45, 7) is 0. The number of methoxy groups -OCH3 is 1. The predicted molar refractivity (Wildman–Crippen MR) is 96.7 cm³/mol. The van der Waals surface area contributed by atoms with E-state index < -0.39 is 0 Å². The number of aromatic amines is 1. The summed E-state index contributed by atoms with van der Waals surface area (Å²) in [7, 11) is 1.44. The summed E-state index contributed by atoms with van der Waals surface area (Å²) in [6, 6.07) is 9.49. The fourth-order valence-electron chi connectivity index (χ4n) is 2.01. The van der Waals surface area contributed by atoms with Gasteiger partial charge in [-0.05, 0) is 47.5 Å². The first-order chi connectivity index (χ1) is 13.2. The Morgan fingerprint density at radius 3 is 2.56 bits per heavy atom. The van der Waals surface area contributed by atoms with Gasteiger partial charge in [0.15, 0.2) is 5.82 Å². The quantitative estimate of drug-likeness (QED) is 0.520. The van der Waals surface area contributed by atoms with Gasteiger partial charge in [0.2, 0.25) is 10.3 Å². The van der Waals surface area contributed by atoms with Gasteiger partial charge in [-0.25, -0.2) is 9.37 Å². The summed E-state index contributed by atoms with van der Waals surface area (Å²) in [4.78, 5) is 17.8. The van der Waals surface area contributed by atoms with Crippen molar-refractivity contribution in [2.75, 3.05) is 7.11 Å². The van der Waals surface area contributed by atoms with Gasteiger partial charge in [-0.15, -0.1) is 21.4 Å². The lowest BCUT2D eigenvalue weighted by Gasteiger charge is -2.06. The van der Waals surface area contributed by atoms with Crippen LogP contribution in [0.2, 0.25) is 0 Å². The van der Waals surface area contributed by atoms with Crippen molar-refractivity contribution in [1.29, 1.82) is 0 Å². The minimum absolute atomic E-state index is 0.0185. The highest BCUT2D eigenvalue weighted by Crippen LogP contribution is 2.28. The first kappa shape index (κ1) is 17.4. The van der Waals surface area contributed by atoms with Crippen molar-refractivity contribution in [3.8, 4) is 28.5 Å².